The van der Waals surface area contributed by atoms with Crippen LogP contribution in [-0.4, -0.2) is 24.5 Å². The molecule has 5 rings (SSSR count). The number of benzene rings is 1. The van der Waals surface area contributed by atoms with Crippen LogP contribution in [0.1, 0.15) is 65.5 Å². The van der Waals surface area contributed by atoms with E-state index in [2.05, 4.69) is 15.2 Å². The molecule has 6 nitrogen and oxygen atoms in total. The molecule has 41 heavy (non-hydrogen) atoms. The van der Waals surface area contributed by atoms with Crippen LogP contribution in [-0.2, 0) is 19.0 Å². The summed E-state index contributed by atoms with van der Waals surface area (Å²) in [5, 5.41) is 7.44. The van der Waals surface area contributed by atoms with Crippen molar-refractivity contribution in [2.24, 2.45) is 0 Å². The van der Waals surface area contributed by atoms with Gasteiger partial charge in [-0.3, -0.25) is 9.78 Å². The lowest BCUT2D eigenvalue weighted by Gasteiger charge is -2.30. The Labute approximate surface area is 229 Å². The SMILES string of the molecule is Cc1cccc(F)c1C1CCC(c2cc(-c3cnn(C(F)(F)F)c3)nn(Cc3ncccc3C(F)(F)F)c2=O)CC1. The van der Waals surface area contributed by atoms with Gasteiger partial charge in [0.1, 0.15) is 5.82 Å². The van der Waals surface area contributed by atoms with E-state index in [-0.39, 0.29) is 39.2 Å². The molecule has 0 unspecified atom stereocenters. The highest BCUT2D eigenvalue weighted by Crippen LogP contribution is 2.42. The zero-order chi connectivity index (χ0) is 29.5. The summed E-state index contributed by atoms with van der Waals surface area (Å²) in [7, 11) is 0. The highest BCUT2D eigenvalue weighted by molar-refractivity contribution is 5.57. The van der Waals surface area contributed by atoms with Crippen LogP contribution < -0.4 is 5.56 Å². The molecule has 13 heteroatoms. The molecule has 1 fully saturated rings. The third-order valence-corrected chi connectivity index (χ3v) is 7.48. The Morgan fingerprint density at radius 3 is 2.32 bits per heavy atom. The van der Waals surface area contributed by atoms with E-state index >= 15 is 0 Å². The summed E-state index contributed by atoms with van der Waals surface area (Å²) >= 11 is 0. The van der Waals surface area contributed by atoms with Crippen LogP contribution in [0.15, 0.2) is 59.8 Å². The number of halogens is 7. The van der Waals surface area contributed by atoms with Gasteiger partial charge in [0, 0.05) is 23.5 Å². The van der Waals surface area contributed by atoms with E-state index in [4.69, 9.17) is 0 Å². The molecule has 0 spiro atoms. The second kappa shape index (κ2) is 10.7. The van der Waals surface area contributed by atoms with E-state index < -0.39 is 35.8 Å². The number of alkyl halides is 6. The Morgan fingerprint density at radius 1 is 0.976 bits per heavy atom. The van der Waals surface area contributed by atoms with E-state index in [0.29, 0.717) is 37.4 Å². The fourth-order valence-corrected chi connectivity index (χ4v) is 5.52. The van der Waals surface area contributed by atoms with Crippen LogP contribution in [0.5, 0.6) is 0 Å². The third-order valence-electron chi connectivity index (χ3n) is 7.48. The third kappa shape index (κ3) is 5.89. The van der Waals surface area contributed by atoms with E-state index in [0.717, 1.165) is 34.8 Å². The zero-order valence-electron chi connectivity index (χ0n) is 21.7. The minimum Gasteiger partial charge on any atom is -0.267 e. The second-order valence-corrected chi connectivity index (χ2v) is 10.1. The zero-order valence-corrected chi connectivity index (χ0v) is 21.7. The molecule has 216 valence electrons. The van der Waals surface area contributed by atoms with E-state index in [9.17, 15) is 35.5 Å². The maximum atomic E-state index is 14.6. The van der Waals surface area contributed by atoms with Gasteiger partial charge in [-0.1, -0.05) is 12.1 Å². The number of rotatable bonds is 5. The molecule has 0 saturated heterocycles. The molecule has 4 aromatic rings. The lowest BCUT2D eigenvalue weighted by Crippen LogP contribution is -2.31. The number of nitrogens with zero attached hydrogens (tertiary/aromatic N) is 5. The Kier molecular flexibility index (Phi) is 7.47. The van der Waals surface area contributed by atoms with Gasteiger partial charge in [-0.25, -0.2) is 9.07 Å². The fourth-order valence-electron chi connectivity index (χ4n) is 5.52. The van der Waals surface area contributed by atoms with Gasteiger partial charge < -0.3 is 0 Å². The average molecular weight is 580 g/mol. The summed E-state index contributed by atoms with van der Waals surface area (Å²) in [4.78, 5) is 17.4. The molecule has 0 atom stereocenters. The number of pyridine rings is 1. The van der Waals surface area contributed by atoms with Crippen LogP contribution >= 0.6 is 0 Å². The minimum atomic E-state index is -4.80. The van der Waals surface area contributed by atoms with Crippen molar-refractivity contribution in [1.82, 2.24) is 24.5 Å². The van der Waals surface area contributed by atoms with Gasteiger partial charge in [0.05, 0.1) is 29.7 Å². The van der Waals surface area contributed by atoms with Gasteiger partial charge in [0.25, 0.3) is 5.56 Å². The Bertz CT molecular complexity index is 1600. The van der Waals surface area contributed by atoms with Gasteiger partial charge >= 0.3 is 12.5 Å². The van der Waals surface area contributed by atoms with Crippen molar-refractivity contribution >= 4 is 0 Å². The molecule has 1 aliphatic carbocycles. The minimum absolute atomic E-state index is 0.0494. The smallest absolute Gasteiger partial charge is 0.267 e. The highest BCUT2D eigenvalue weighted by atomic mass is 19.4. The van der Waals surface area contributed by atoms with E-state index in [1.54, 1.807) is 6.07 Å². The van der Waals surface area contributed by atoms with Crippen molar-refractivity contribution < 1.29 is 30.7 Å². The number of hydrogen-bond acceptors (Lipinski definition) is 4. The monoisotopic (exact) mass is 579 g/mol. The number of hydrogen-bond donors (Lipinski definition) is 0. The first-order chi connectivity index (χ1) is 19.3. The summed E-state index contributed by atoms with van der Waals surface area (Å²) < 4.78 is 95.6. The van der Waals surface area contributed by atoms with Crippen molar-refractivity contribution in [3.63, 3.8) is 0 Å². The van der Waals surface area contributed by atoms with Crippen molar-refractivity contribution in [3.05, 3.63) is 99.1 Å². The molecule has 0 radical (unpaired) electrons. The largest absolute Gasteiger partial charge is 0.504 e. The lowest BCUT2D eigenvalue weighted by molar-refractivity contribution is -0.212. The van der Waals surface area contributed by atoms with Crippen LogP contribution in [0.3, 0.4) is 0 Å². The topological polar surface area (TPSA) is 65.6 Å². The Morgan fingerprint density at radius 2 is 1.68 bits per heavy atom. The molecular formula is C28H24F7N5O. The second-order valence-electron chi connectivity index (χ2n) is 10.1. The quantitative estimate of drug-likeness (QED) is 0.241. The van der Waals surface area contributed by atoms with Gasteiger partial charge in [0.15, 0.2) is 0 Å². The summed E-state index contributed by atoms with van der Waals surface area (Å²) in [6.07, 6.45) is -4.73. The Balaban J connectivity index is 1.53. The highest BCUT2D eigenvalue weighted by Gasteiger charge is 2.35. The fraction of sp³-hybridized carbons (Fsp3) is 0.357. The average Bonchev–Trinajstić information content (AvgIpc) is 3.41. The van der Waals surface area contributed by atoms with Crippen molar-refractivity contribution in [1.29, 1.82) is 0 Å². The van der Waals surface area contributed by atoms with Crippen LogP contribution in [0.25, 0.3) is 11.3 Å². The van der Waals surface area contributed by atoms with Crippen molar-refractivity contribution in [2.45, 2.75) is 63.5 Å². The molecule has 0 amide bonds. The van der Waals surface area contributed by atoms with Crippen molar-refractivity contribution in [2.75, 3.05) is 0 Å². The first kappa shape index (κ1) is 28.5. The Hall–Kier alpha value is -4.03. The molecule has 0 N–H and O–H groups in total. The summed E-state index contributed by atoms with van der Waals surface area (Å²) in [5.41, 5.74) is -0.637. The van der Waals surface area contributed by atoms with Crippen LogP contribution in [0.2, 0.25) is 0 Å². The predicted molar refractivity (Wildman–Crippen MR) is 134 cm³/mol. The molecule has 3 aromatic heterocycles. The maximum absolute atomic E-state index is 14.6. The van der Waals surface area contributed by atoms with Crippen LogP contribution in [0.4, 0.5) is 30.7 Å². The van der Waals surface area contributed by atoms with Crippen molar-refractivity contribution in [3.8, 4) is 11.3 Å². The number of aromatic nitrogens is 5. The molecule has 1 saturated carbocycles. The molecule has 1 aromatic carbocycles. The van der Waals surface area contributed by atoms with Gasteiger partial charge in [-0.2, -0.15) is 28.1 Å². The molecule has 3 heterocycles. The summed E-state index contributed by atoms with van der Waals surface area (Å²) in [6, 6.07) is 8.18. The van der Waals surface area contributed by atoms with E-state index in [1.165, 1.54) is 12.1 Å². The molecular weight excluding hydrogens is 555 g/mol. The van der Waals surface area contributed by atoms with Gasteiger partial charge in [-0.15, -0.1) is 13.2 Å². The first-order valence-corrected chi connectivity index (χ1v) is 12.8. The standard InChI is InChI=1S/C28H24F7N5O/c1-16-4-2-6-22(29)25(16)18-9-7-17(8-10-18)20-12-23(19-13-37-40(14-19)28(33,34)35)38-39(26(20)41)15-24-21(27(30,31)32)5-3-11-36-24/h2-6,11-14,17-18H,7-10,15H2,1H3. The normalized spacial score (nSPS) is 18.0. The molecule has 1 aliphatic rings. The van der Waals surface area contributed by atoms with Gasteiger partial charge in [0.2, 0.25) is 0 Å². The van der Waals surface area contributed by atoms with E-state index in [1.807, 2.05) is 13.0 Å². The lowest BCUT2D eigenvalue weighted by atomic mass is 9.75. The molecule has 0 aliphatic heterocycles. The summed E-state index contributed by atoms with van der Waals surface area (Å²) in [6.45, 7) is 1.18. The predicted octanol–water partition coefficient (Wildman–Crippen LogP) is 6.93. The first-order valence-electron chi connectivity index (χ1n) is 12.8. The van der Waals surface area contributed by atoms with Gasteiger partial charge in [-0.05, 0) is 79.8 Å². The molecule has 0 bridgehead atoms. The number of aryl methyl sites for hydroxylation is 1. The van der Waals surface area contributed by atoms with Crippen LogP contribution in [0, 0.1) is 12.7 Å². The summed E-state index contributed by atoms with van der Waals surface area (Å²) in [5.74, 6) is -0.745. The maximum Gasteiger partial charge on any atom is 0.504 e.